The van der Waals surface area contributed by atoms with Gasteiger partial charge in [-0.1, -0.05) is 12.1 Å². The number of rotatable bonds is 2. The second-order valence-corrected chi connectivity index (χ2v) is 5.75. The molecule has 0 radical (unpaired) electrons. The van der Waals surface area contributed by atoms with Gasteiger partial charge in [-0.15, -0.1) is 0 Å². The molecule has 0 amide bonds. The fourth-order valence-electron chi connectivity index (χ4n) is 3.02. The summed E-state index contributed by atoms with van der Waals surface area (Å²) in [5.74, 6) is -0.184. The van der Waals surface area contributed by atoms with Gasteiger partial charge < -0.3 is 0 Å². The second-order valence-electron chi connectivity index (χ2n) is 5.75. The summed E-state index contributed by atoms with van der Waals surface area (Å²) in [5.41, 5.74) is 4.61. The van der Waals surface area contributed by atoms with Gasteiger partial charge in [0.1, 0.15) is 5.82 Å². The van der Waals surface area contributed by atoms with Crippen LogP contribution in [-0.2, 0) is 19.5 Å². The van der Waals surface area contributed by atoms with Gasteiger partial charge in [0, 0.05) is 49.5 Å². The average molecular weight is 293 g/mol. The highest BCUT2D eigenvalue weighted by molar-refractivity contribution is 5.78. The SMILES string of the molecule is Fc1ccc(CN2CCc3nc4ccncc4cc3C2)cc1. The number of aromatic nitrogens is 2. The van der Waals surface area contributed by atoms with Crippen molar-refractivity contribution in [2.45, 2.75) is 19.5 Å². The number of pyridine rings is 2. The molecule has 3 heterocycles. The Bertz CT molecular complexity index is 814. The Balaban J connectivity index is 1.58. The molecule has 0 aliphatic carbocycles. The average Bonchev–Trinajstić information content (AvgIpc) is 2.55. The van der Waals surface area contributed by atoms with Gasteiger partial charge in [0.15, 0.2) is 0 Å². The summed E-state index contributed by atoms with van der Waals surface area (Å²) in [4.78, 5) is 11.3. The maximum atomic E-state index is 13.0. The molecule has 0 fully saturated rings. The summed E-state index contributed by atoms with van der Waals surface area (Å²) < 4.78 is 13.0. The van der Waals surface area contributed by atoms with E-state index < -0.39 is 0 Å². The van der Waals surface area contributed by atoms with E-state index in [1.165, 1.54) is 23.4 Å². The minimum atomic E-state index is -0.184. The van der Waals surface area contributed by atoms with Crippen LogP contribution in [0.4, 0.5) is 4.39 Å². The van der Waals surface area contributed by atoms with Gasteiger partial charge in [-0.05, 0) is 35.4 Å². The number of hydrogen-bond donors (Lipinski definition) is 0. The van der Waals surface area contributed by atoms with E-state index in [2.05, 4.69) is 16.0 Å². The molecular formula is C18H16FN3. The molecular weight excluding hydrogens is 277 g/mol. The molecule has 1 aromatic carbocycles. The number of halogens is 1. The van der Waals surface area contributed by atoms with Crippen molar-refractivity contribution in [2.75, 3.05) is 6.54 Å². The monoisotopic (exact) mass is 293 g/mol. The van der Waals surface area contributed by atoms with E-state index >= 15 is 0 Å². The van der Waals surface area contributed by atoms with Crippen LogP contribution >= 0.6 is 0 Å². The lowest BCUT2D eigenvalue weighted by atomic mass is 10.0. The first-order valence-electron chi connectivity index (χ1n) is 7.47. The Morgan fingerprint density at radius 2 is 2.00 bits per heavy atom. The molecule has 3 nitrogen and oxygen atoms in total. The highest BCUT2D eigenvalue weighted by Crippen LogP contribution is 2.23. The van der Waals surface area contributed by atoms with Crippen LogP contribution in [0.2, 0.25) is 0 Å². The Labute approximate surface area is 128 Å². The van der Waals surface area contributed by atoms with E-state index in [1.807, 2.05) is 24.4 Å². The second kappa shape index (κ2) is 5.46. The molecule has 0 bridgehead atoms. The number of nitrogens with zero attached hydrogens (tertiary/aromatic N) is 3. The Hall–Kier alpha value is -2.33. The summed E-state index contributed by atoms with van der Waals surface area (Å²) in [6, 6.07) is 10.9. The van der Waals surface area contributed by atoms with E-state index in [4.69, 9.17) is 4.98 Å². The zero-order valence-electron chi connectivity index (χ0n) is 12.2. The zero-order chi connectivity index (χ0) is 14.9. The third-order valence-electron chi connectivity index (χ3n) is 4.16. The molecule has 0 saturated carbocycles. The molecule has 110 valence electrons. The molecule has 1 aliphatic rings. The topological polar surface area (TPSA) is 29.0 Å². The maximum absolute atomic E-state index is 13.0. The maximum Gasteiger partial charge on any atom is 0.123 e. The van der Waals surface area contributed by atoms with E-state index in [-0.39, 0.29) is 5.82 Å². The summed E-state index contributed by atoms with van der Waals surface area (Å²) >= 11 is 0. The van der Waals surface area contributed by atoms with E-state index in [0.29, 0.717) is 0 Å². The predicted molar refractivity (Wildman–Crippen MR) is 83.8 cm³/mol. The van der Waals surface area contributed by atoms with Gasteiger partial charge in [-0.2, -0.15) is 0 Å². The van der Waals surface area contributed by atoms with Crippen molar-refractivity contribution in [1.82, 2.24) is 14.9 Å². The summed E-state index contributed by atoms with van der Waals surface area (Å²) in [7, 11) is 0. The largest absolute Gasteiger partial charge is 0.294 e. The first kappa shape index (κ1) is 13.3. The highest BCUT2D eigenvalue weighted by atomic mass is 19.1. The molecule has 0 spiro atoms. The van der Waals surface area contributed by atoms with Crippen molar-refractivity contribution >= 4 is 10.9 Å². The van der Waals surface area contributed by atoms with Crippen LogP contribution in [0.1, 0.15) is 16.8 Å². The third kappa shape index (κ3) is 2.57. The summed E-state index contributed by atoms with van der Waals surface area (Å²) in [6.07, 6.45) is 4.60. The molecule has 4 rings (SSSR count). The first-order chi connectivity index (χ1) is 10.8. The van der Waals surface area contributed by atoms with Crippen molar-refractivity contribution in [3.8, 4) is 0 Å². The Morgan fingerprint density at radius 3 is 2.86 bits per heavy atom. The lowest BCUT2D eigenvalue weighted by Crippen LogP contribution is -2.30. The normalized spacial score (nSPS) is 15.0. The molecule has 0 N–H and O–H groups in total. The van der Waals surface area contributed by atoms with Crippen LogP contribution in [0.5, 0.6) is 0 Å². The first-order valence-corrected chi connectivity index (χ1v) is 7.47. The van der Waals surface area contributed by atoms with Gasteiger partial charge in [0.25, 0.3) is 0 Å². The van der Waals surface area contributed by atoms with Crippen LogP contribution in [0.15, 0.2) is 48.8 Å². The number of fused-ring (bicyclic) bond motifs is 2. The van der Waals surface area contributed by atoms with E-state index in [0.717, 1.165) is 42.5 Å². The van der Waals surface area contributed by atoms with E-state index in [9.17, 15) is 4.39 Å². The third-order valence-corrected chi connectivity index (χ3v) is 4.16. The predicted octanol–water partition coefficient (Wildman–Crippen LogP) is 3.33. The van der Waals surface area contributed by atoms with Gasteiger partial charge >= 0.3 is 0 Å². The van der Waals surface area contributed by atoms with Crippen molar-refractivity contribution in [3.63, 3.8) is 0 Å². The zero-order valence-corrected chi connectivity index (χ0v) is 12.2. The number of hydrogen-bond acceptors (Lipinski definition) is 3. The van der Waals surface area contributed by atoms with Gasteiger partial charge in [-0.25, -0.2) is 4.39 Å². The van der Waals surface area contributed by atoms with Crippen LogP contribution in [0.3, 0.4) is 0 Å². The molecule has 3 aromatic rings. The molecule has 0 saturated heterocycles. The van der Waals surface area contributed by atoms with Crippen molar-refractivity contribution in [3.05, 3.63) is 71.4 Å². The lowest BCUT2D eigenvalue weighted by Gasteiger charge is -2.28. The number of benzene rings is 1. The fourth-order valence-corrected chi connectivity index (χ4v) is 3.02. The molecule has 0 atom stereocenters. The van der Waals surface area contributed by atoms with Crippen molar-refractivity contribution < 1.29 is 4.39 Å². The van der Waals surface area contributed by atoms with Crippen molar-refractivity contribution in [2.24, 2.45) is 0 Å². The minimum absolute atomic E-state index is 0.184. The van der Waals surface area contributed by atoms with Gasteiger partial charge in [0.05, 0.1) is 5.52 Å². The van der Waals surface area contributed by atoms with Crippen molar-refractivity contribution in [1.29, 1.82) is 0 Å². The van der Waals surface area contributed by atoms with Crippen LogP contribution < -0.4 is 0 Å². The minimum Gasteiger partial charge on any atom is -0.294 e. The summed E-state index contributed by atoms with van der Waals surface area (Å²) in [5, 5.41) is 1.09. The molecule has 4 heteroatoms. The molecule has 22 heavy (non-hydrogen) atoms. The fraction of sp³-hybridized carbons (Fsp3) is 0.222. The molecule has 2 aromatic heterocycles. The standard InChI is InChI=1S/C18H16FN3/c19-16-3-1-13(2-4-16)11-22-8-6-18-15(12-22)9-14-10-20-7-5-17(14)21-18/h1-5,7,9-10H,6,8,11-12H2. The van der Waals surface area contributed by atoms with Crippen LogP contribution in [0, 0.1) is 5.82 Å². The molecule has 1 aliphatic heterocycles. The lowest BCUT2D eigenvalue weighted by molar-refractivity contribution is 0.243. The smallest absolute Gasteiger partial charge is 0.123 e. The van der Waals surface area contributed by atoms with Gasteiger partial charge in [0.2, 0.25) is 0 Å². The van der Waals surface area contributed by atoms with E-state index in [1.54, 1.807) is 6.20 Å². The Kier molecular flexibility index (Phi) is 3.31. The van der Waals surface area contributed by atoms with Crippen LogP contribution in [-0.4, -0.2) is 21.4 Å². The summed E-state index contributed by atoms with van der Waals surface area (Å²) in [6.45, 7) is 2.70. The quantitative estimate of drug-likeness (QED) is 0.726. The van der Waals surface area contributed by atoms with Gasteiger partial charge in [-0.3, -0.25) is 14.9 Å². The highest BCUT2D eigenvalue weighted by Gasteiger charge is 2.18. The molecule has 0 unspecified atom stereocenters. The van der Waals surface area contributed by atoms with Crippen LogP contribution in [0.25, 0.3) is 10.9 Å². The Morgan fingerprint density at radius 1 is 1.14 bits per heavy atom.